The molecule has 9 saturated carbocycles. The van der Waals surface area contributed by atoms with Gasteiger partial charge in [-0.05, 0) is 224 Å². The molecule has 9 rings (SSSR count). The summed E-state index contributed by atoms with van der Waals surface area (Å²) >= 11 is 0. The van der Waals surface area contributed by atoms with Crippen molar-refractivity contribution in [2.24, 2.45) is 75.4 Å². The second-order valence-electron chi connectivity index (χ2n) is 22.8. The summed E-state index contributed by atoms with van der Waals surface area (Å²) in [5, 5.41) is 0. The molecule has 9 aliphatic carbocycles. The molecule has 11 atom stereocenters. The first-order chi connectivity index (χ1) is 26.2. The summed E-state index contributed by atoms with van der Waals surface area (Å²) in [7, 11) is 0. The van der Waals surface area contributed by atoms with Crippen molar-refractivity contribution >= 4 is 17.9 Å². The third kappa shape index (κ3) is 11.1. The molecule has 0 N–H and O–H groups in total. The summed E-state index contributed by atoms with van der Waals surface area (Å²) in [5.41, 5.74) is -1.42. The molecule has 6 heteroatoms. The van der Waals surface area contributed by atoms with Gasteiger partial charge in [-0.25, -0.2) is 0 Å². The van der Waals surface area contributed by atoms with E-state index in [0.717, 1.165) is 92.8 Å². The quantitative estimate of drug-likeness (QED) is 0.117. The second kappa shape index (κ2) is 22.3. The van der Waals surface area contributed by atoms with Crippen LogP contribution in [0.25, 0.3) is 0 Å². The first-order valence-corrected chi connectivity index (χ1v) is 23.9. The number of hydrogen-bond donors (Lipinski definition) is 0. The van der Waals surface area contributed by atoms with Gasteiger partial charge in [-0.2, -0.15) is 0 Å². The Labute approximate surface area is 387 Å². The Morgan fingerprint density at radius 3 is 1.31 bits per heavy atom. The number of fused-ring (bicyclic) bond motifs is 14. The van der Waals surface area contributed by atoms with Crippen LogP contribution in [0.15, 0.2) is 0 Å². The summed E-state index contributed by atoms with van der Waals surface area (Å²) < 4.78 is 18.2. The topological polar surface area (TPSA) is 78.9 Å². The van der Waals surface area contributed by atoms with Gasteiger partial charge in [0.15, 0.2) is 0 Å². The molecule has 0 aromatic heterocycles. The first kappa shape index (κ1) is 60.4. The fourth-order valence-corrected chi connectivity index (χ4v) is 13.6. The zero-order valence-electron chi connectivity index (χ0n) is 38.2. The van der Waals surface area contributed by atoms with Gasteiger partial charge in [0.05, 0.1) is 16.2 Å². The summed E-state index contributed by atoms with van der Waals surface area (Å²) in [6.45, 7) is 24.8. The molecule has 6 nitrogen and oxygen atoms in total. The van der Waals surface area contributed by atoms with E-state index in [0.29, 0.717) is 17.8 Å². The Hall–Kier alpha value is -1.59. The van der Waals surface area contributed by atoms with Crippen LogP contribution in [0.2, 0.25) is 0 Å². The van der Waals surface area contributed by atoms with E-state index in [1.54, 1.807) is 0 Å². The highest BCUT2D eigenvalue weighted by atomic mass is 16.6. The normalized spacial score (nSPS) is 37.4. The largest absolute Gasteiger partial charge is 0.459 e. The molecule has 0 radical (unpaired) electrons. The number of esters is 3. The Kier molecular flexibility index (Phi) is 21.7. The van der Waals surface area contributed by atoms with Gasteiger partial charge >= 0.3 is 17.9 Å². The standard InChI is InChI=1S/C20H32O2.2C15H26O2.6CH4/c1-5-19(3,4)18(21)22-20(6-2)11-14-10-15(20)17-13-8-7-12(9-13)16(14)17;1-5-14(2,3)13(16)17-15(4)10-11-6-8-12(15)9-7-11;1-5-14(3,4)13(16)17-15(6-2)10-11-7-8-12(15)9-11;;;;;;/h12-17H,5-11H2,1-4H3;2*11-12H,5-10H2,1-4H3;6*1H4. The molecular formula is C56H108O6. The van der Waals surface area contributed by atoms with Crippen molar-refractivity contribution in [3.05, 3.63) is 0 Å². The fourth-order valence-electron chi connectivity index (χ4n) is 13.6. The predicted octanol–water partition coefficient (Wildman–Crippen LogP) is 16.5. The van der Waals surface area contributed by atoms with Gasteiger partial charge in [0.2, 0.25) is 0 Å². The molecule has 0 spiro atoms. The van der Waals surface area contributed by atoms with Crippen LogP contribution < -0.4 is 0 Å². The highest BCUT2D eigenvalue weighted by molar-refractivity contribution is 5.77. The van der Waals surface area contributed by atoms with E-state index in [2.05, 4.69) is 41.5 Å². The predicted molar refractivity (Wildman–Crippen MR) is 265 cm³/mol. The van der Waals surface area contributed by atoms with Crippen molar-refractivity contribution in [2.45, 2.75) is 266 Å². The Balaban J connectivity index is 0.000000869. The lowest BCUT2D eigenvalue weighted by Gasteiger charge is -2.49. The summed E-state index contributed by atoms with van der Waals surface area (Å²) in [6, 6.07) is 0. The molecule has 0 heterocycles. The Morgan fingerprint density at radius 1 is 0.468 bits per heavy atom. The van der Waals surface area contributed by atoms with Crippen molar-refractivity contribution in [3.8, 4) is 0 Å². The molecule has 11 unspecified atom stereocenters. The number of rotatable bonds is 11. The van der Waals surface area contributed by atoms with Gasteiger partial charge < -0.3 is 14.2 Å². The van der Waals surface area contributed by atoms with Crippen LogP contribution in [0, 0.1) is 75.4 Å². The molecule has 8 bridgehead atoms. The molecule has 0 aromatic carbocycles. The van der Waals surface area contributed by atoms with E-state index in [4.69, 9.17) is 14.2 Å². The highest BCUT2D eigenvalue weighted by Gasteiger charge is 2.68. The van der Waals surface area contributed by atoms with Crippen molar-refractivity contribution in [3.63, 3.8) is 0 Å². The van der Waals surface area contributed by atoms with E-state index < -0.39 is 0 Å². The van der Waals surface area contributed by atoms with E-state index in [1.165, 1.54) is 70.6 Å². The fraction of sp³-hybridized carbons (Fsp3) is 0.946. The van der Waals surface area contributed by atoms with Crippen molar-refractivity contribution < 1.29 is 28.6 Å². The molecule has 9 fully saturated rings. The lowest BCUT2D eigenvalue weighted by Crippen LogP contribution is -2.49. The minimum absolute atomic E-state index is 0. The molecular weight excluding hydrogens is 769 g/mol. The Bertz CT molecular complexity index is 1420. The molecule has 368 valence electrons. The SMILES string of the molecule is C.C.C.C.C.C.CCC(C)(C)C(=O)OC1(C)CC2CCC1CC2.CCC(C)(C)C(=O)OC1(CC)CC2CC1C1C3CCC(C3)C21.CCC(C)(C)C(=O)OC1(CC)CC2CCC1C2. The van der Waals surface area contributed by atoms with Crippen LogP contribution in [0.5, 0.6) is 0 Å². The van der Waals surface area contributed by atoms with Gasteiger partial charge in [0.1, 0.15) is 16.8 Å². The van der Waals surface area contributed by atoms with E-state index in [1.807, 2.05) is 41.5 Å². The van der Waals surface area contributed by atoms with Gasteiger partial charge in [-0.1, -0.05) is 79.2 Å². The zero-order valence-corrected chi connectivity index (χ0v) is 38.2. The summed E-state index contributed by atoms with van der Waals surface area (Å²) in [5.74, 6) is 8.25. The van der Waals surface area contributed by atoms with Crippen LogP contribution in [-0.2, 0) is 28.6 Å². The summed E-state index contributed by atoms with van der Waals surface area (Å²) in [6.07, 6.45) is 22.7. The van der Waals surface area contributed by atoms with E-state index in [9.17, 15) is 14.4 Å². The van der Waals surface area contributed by atoms with Crippen LogP contribution >= 0.6 is 0 Å². The average molecular weight is 877 g/mol. The maximum atomic E-state index is 12.7. The molecule has 0 amide bonds. The first-order valence-electron chi connectivity index (χ1n) is 23.9. The van der Waals surface area contributed by atoms with Crippen molar-refractivity contribution in [1.29, 1.82) is 0 Å². The molecule has 9 aliphatic rings. The minimum atomic E-state index is -0.335. The maximum absolute atomic E-state index is 12.7. The Morgan fingerprint density at radius 2 is 0.903 bits per heavy atom. The molecule has 0 aromatic rings. The lowest BCUT2D eigenvalue weighted by atomic mass is 9.62. The van der Waals surface area contributed by atoms with Crippen LogP contribution in [0.4, 0.5) is 0 Å². The van der Waals surface area contributed by atoms with Crippen LogP contribution in [-0.4, -0.2) is 34.7 Å². The van der Waals surface area contributed by atoms with Gasteiger partial charge in [-0.3, -0.25) is 14.4 Å². The lowest BCUT2D eigenvalue weighted by molar-refractivity contribution is -0.187. The average Bonchev–Trinajstić information content (AvgIpc) is 4.04. The molecule has 0 aliphatic heterocycles. The van der Waals surface area contributed by atoms with E-state index >= 15 is 0 Å². The number of ether oxygens (including phenoxy) is 3. The van der Waals surface area contributed by atoms with Gasteiger partial charge in [0, 0.05) is 5.92 Å². The number of carbonyl (C=O) groups is 3. The third-order valence-electron chi connectivity index (χ3n) is 18.6. The van der Waals surface area contributed by atoms with Gasteiger partial charge in [-0.15, -0.1) is 0 Å². The minimum Gasteiger partial charge on any atom is -0.459 e. The third-order valence-corrected chi connectivity index (χ3v) is 18.6. The summed E-state index contributed by atoms with van der Waals surface area (Å²) in [4.78, 5) is 37.2. The monoisotopic (exact) mass is 877 g/mol. The van der Waals surface area contributed by atoms with E-state index in [-0.39, 0.29) is 95.5 Å². The second-order valence-corrected chi connectivity index (χ2v) is 22.8. The van der Waals surface area contributed by atoms with Crippen LogP contribution in [0.3, 0.4) is 0 Å². The van der Waals surface area contributed by atoms with Gasteiger partial charge in [0.25, 0.3) is 0 Å². The smallest absolute Gasteiger partial charge is 0.312 e. The van der Waals surface area contributed by atoms with Crippen LogP contribution in [0.1, 0.15) is 250 Å². The molecule has 0 saturated heterocycles. The highest BCUT2D eigenvalue weighted by Crippen LogP contribution is 2.71. The maximum Gasteiger partial charge on any atom is 0.312 e. The number of hydrogen-bond acceptors (Lipinski definition) is 6. The van der Waals surface area contributed by atoms with Crippen molar-refractivity contribution in [1.82, 2.24) is 0 Å². The molecule has 62 heavy (non-hydrogen) atoms. The number of carbonyl (C=O) groups excluding carboxylic acids is 3. The van der Waals surface area contributed by atoms with Crippen molar-refractivity contribution in [2.75, 3.05) is 0 Å². The zero-order chi connectivity index (χ0) is 41.1.